The molecule has 0 aromatic heterocycles. The van der Waals surface area contributed by atoms with Crippen LogP contribution in [0, 0.1) is 0 Å². The van der Waals surface area contributed by atoms with Crippen molar-refractivity contribution in [3.8, 4) is 0 Å². The van der Waals surface area contributed by atoms with E-state index in [4.69, 9.17) is 4.74 Å². The quantitative estimate of drug-likeness (QED) is 0.639. The number of nitrogens with zero attached hydrogens (tertiary/aromatic N) is 1. The zero-order valence-electron chi connectivity index (χ0n) is 14.1. The molecule has 1 aliphatic rings. The van der Waals surface area contributed by atoms with Gasteiger partial charge in [0.1, 0.15) is 5.54 Å². The van der Waals surface area contributed by atoms with Gasteiger partial charge < -0.3 is 15.2 Å². The van der Waals surface area contributed by atoms with Crippen molar-refractivity contribution >= 4 is 5.97 Å². The Bertz CT molecular complexity index is 333. The summed E-state index contributed by atoms with van der Waals surface area (Å²) in [6.07, 6.45) is 3.59. The molecular formula is C16H32N2O3. The second kappa shape index (κ2) is 8.11. The van der Waals surface area contributed by atoms with Crippen LogP contribution >= 0.6 is 0 Å². The van der Waals surface area contributed by atoms with Gasteiger partial charge in [-0.25, -0.2) is 0 Å². The second-order valence-electron chi connectivity index (χ2n) is 6.91. The van der Waals surface area contributed by atoms with Crippen molar-refractivity contribution in [2.45, 2.75) is 64.5 Å². The monoisotopic (exact) mass is 300 g/mol. The molecule has 5 nitrogen and oxygen atoms in total. The van der Waals surface area contributed by atoms with E-state index in [1.807, 2.05) is 0 Å². The molecule has 5 heteroatoms. The molecular weight excluding hydrogens is 268 g/mol. The van der Waals surface area contributed by atoms with Crippen molar-refractivity contribution in [3.63, 3.8) is 0 Å². The molecule has 0 spiro atoms. The van der Waals surface area contributed by atoms with Crippen LogP contribution in [0.5, 0.6) is 0 Å². The summed E-state index contributed by atoms with van der Waals surface area (Å²) in [5, 5.41) is 12.5. The lowest BCUT2D eigenvalue weighted by Gasteiger charge is -2.38. The Balaban J connectivity index is 2.29. The van der Waals surface area contributed by atoms with E-state index in [9.17, 15) is 9.90 Å². The minimum absolute atomic E-state index is 0.0590. The van der Waals surface area contributed by atoms with E-state index < -0.39 is 11.5 Å². The molecule has 1 aliphatic heterocycles. The van der Waals surface area contributed by atoms with Crippen molar-refractivity contribution < 1.29 is 14.6 Å². The topological polar surface area (TPSA) is 61.8 Å². The fourth-order valence-electron chi connectivity index (χ4n) is 2.79. The number of unbranched alkanes of at least 4 members (excludes halogenated alkanes) is 1. The zero-order chi connectivity index (χ0) is 15.9. The third-order valence-electron chi connectivity index (χ3n) is 4.14. The van der Waals surface area contributed by atoms with Gasteiger partial charge in [-0.05, 0) is 59.5 Å². The van der Waals surface area contributed by atoms with Gasteiger partial charge in [0.15, 0.2) is 0 Å². The number of carboxylic acid groups (broad SMARTS) is 1. The smallest absolute Gasteiger partial charge is 0.323 e. The van der Waals surface area contributed by atoms with Gasteiger partial charge in [-0.15, -0.1) is 0 Å². The normalized spacial score (nSPS) is 21.9. The molecule has 2 N–H and O–H groups in total. The first-order valence-electron chi connectivity index (χ1n) is 8.14. The van der Waals surface area contributed by atoms with Crippen LogP contribution < -0.4 is 5.32 Å². The summed E-state index contributed by atoms with van der Waals surface area (Å²) >= 11 is 0. The lowest BCUT2D eigenvalue weighted by atomic mass is 9.94. The Morgan fingerprint density at radius 1 is 1.43 bits per heavy atom. The molecule has 0 aromatic rings. The highest BCUT2D eigenvalue weighted by molar-refractivity contribution is 5.78. The zero-order valence-corrected chi connectivity index (χ0v) is 14.1. The Kier molecular flexibility index (Phi) is 7.10. The highest BCUT2D eigenvalue weighted by Gasteiger charge is 2.31. The Hall–Kier alpha value is -0.650. The first-order chi connectivity index (χ1) is 9.79. The molecule has 1 fully saturated rings. The summed E-state index contributed by atoms with van der Waals surface area (Å²) in [6.45, 7) is 12.6. The van der Waals surface area contributed by atoms with E-state index in [0.717, 1.165) is 52.0 Å². The Morgan fingerprint density at radius 2 is 2.14 bits per heavy atom. The lowest BCUT2D eigenvalue weighted by molar-refractivity contribution is -0.144. The molecule has 124 valence electrons. The molecule has 0 amide bonds. The SMILES string of the molecule is CCCNC(C)(CCCCN1CCOC(C)(C)C1)C(=O)O. The highest BCUT2D eigenvalue weighted by atomic mass is 16.5. The number of hydrogen-bond donors (Lipinski definition) is 2. The minimum atomic E-state index is -0.791. The van der Waals surface area contributed by atoms with Gasteiger partial charge in [0, 0.05) is 13.1 Å². The highest BCUT2D eigenvalue weighted by Crippen LogP contribution is 2.18. The largest absolute Gasteiger partial charge is 0.480 e. The van der Waals surface area contributed by atoms with Gasteiger partial charge in [0.25, 0.3) is 0 Å². The molecule has 21 heavy (non-hydrogen) atoms. The minimum Gasteiger partial charge on any atom is -0.480 e. The predicted octanol–water partition coefficient (Wildman–Crippen LogP) is 2.11. The number of hydrogen-bond acceptors (Lipinski definition) is 4. The first kappa shape index (κ1) is 18.4. The van der Waals surface area contributed by atoms with E-state index in [1.165, 1.54) is 0 Å². The van der Waals surface area contributed by atoms with Crippen molar-refractivity contribution in [2.24, 2.45) is 0 Å². The maximum absolute atomic E-state index is 11.4. The number of rotatable bonds is 9. The van der Waals surface area contributed by atoms with Crippen LogP contribution in [0.15, 0.2) is 0 Å². The summed E-state index contributed by atoms with van der Waals surface area (Å²) in [5.74, 6) is -0.747. The number of carboxylic acids is 1. The number of morpholine rings is 1. The molecule has 0 saturated carbocycles. The van der Waals surface area contributed by atoms with Gasteiger partial charge in [0.2, 0.25) is 0 Å². The van der Waals surface area contributed by atoms with Gasteiger partial charge in [-0.1, -0.05) is 6.92 Å². The molecule has 1 unspecified atom stereocenters. The van der Waals surface area contributed by atoms with Crippen LogP contribution in [-0.4, -0.2) is 59.9 Å². The Morgan fingerprint density at radius 3 is 2.71 bits per heavy atom. The van der Waals surface area contributed by atoms with E-state index in [2.05, 4.69) is 31.0 Å². The van der Waals surface area contributed by atoms with Gasteiger partial charge >= 0.3 is 5.97 Å². The molecule has 0 bridgehead atoms. The number of ether oxygens (including phenoxy) is 1. The van der Waals surface area contributed by atoms with Crippen LogP contribution in [-0.2, 0) is 9.53 Å². The number of nitrogens with one attached hydrogen (secondary N) is 1. The first-order valence-corrected chi connectivity index (χ1v) is 8.14. The second-order valence-corrected chi connectivity index (χ2v) is 6.91. The van der Waals surface area contributed by atoms with Crippen LogP contribution in [0.2, 0.25) is 0 Å². The van der Waals surface area contributed by atoms with Crippen molar-refractivity contribution in [1.82, 2.24) is 10.2 Å². The fraction of sp³-hybridized carbons (Fsp3) is 0.938. The molecule has 1 atom stereocenters. The molecule has 1 heterocycles. The molecule has 0 aromatic carbocycles. The summed E-state index contributed by atoms with van der Waals surface area (Å²) in [6, 6.07) is 0. The third kappa shape index (κ3) is 6.32. The number of carbonyl (C=O) groups is 1. The molecule has 1 saturated heterocycles. The summed E-state index contributed by atoms with van der Waals surface area (Å²) < 4.78 is 5.70. The summed E-state index contributed by atoms with van der Waals surface area (Å²) in [4.78, 5) is 13.8. The van der Waals surface area contributed by atoms with Crippen LogP contribution in [0.25, 0.3) is 0 Å². The standard InChI is InChI=1S/C16H32N2O3/c1-5-9-17-16(4,14(19)20)8-6-7-10-18-11-12-21-15(2,3)13-18/h17H,5-13H2,1-4H3,(H,19,20). The number of aliphatic carboxylic acids is 1. The summed E-state index contributed by atoms with van der Waals surface area (Å²) in [7, 11) is 0. The molecule has 1 rings (SSSR count). The predicted molar refractivity (Wildman–Crippen MR) is 84.7 cm³/mol. The van der Waals surface area contributed by atoms with Crippen LogP contribution in [0.4, 0.5) is 0 Å². The van der Waals surface area contributed by atoms with Crippen molar-refractivity contribution in [3.05, 3.63) is 0 Å². The van der Waals surface area contributed by atoms with E-state index in [1.54, 1.807) is 6.92 Å². The lowest BCUT2D eigenvalue weighted by Crippen LogP contribution is -2.50. The van der Waals surface area contributed by atoms with Crippen LogP contribution in [0.3, 0.4) is 0 Å². The maximum atomic E-state index is 11.4. The average Bonchev–Trinajstić information content (AvgIpc) is 2.40. The van der Waals surface area contributed by atoms with Gasteiger partial charge in [0.05, 0.1) is 12.2 Å². The van der Waals surface area contributed by atoms with Gasteiger partial charge in [-0.3, -0.25) is 9.69 Å². The molecule has 0 aliphatic carbocycles. The van der Waals surface area contributed by atoms with Crippen molar-refractivity contribution in [1.29, 1.82) is 0 Å². The fourth-order valence-corrected chi connectivity index (χ4v) is 2.79. The third-order valence-corrected chi connectivity index (χ3v) is 4.14. The molecule has 0 radical (unpaired) electrons. The summed E-state index contributed by atoms with van der Waals surface area (Å²) in [5.41, 5.74) is -0.850. The van der Waals surface area contributed by atoms with E-state index in [-0.39, 0.29) is 5.60 Å². The van der Waals surface area contributed by atoms with E-state index in [0.29, 0.717) is 6.42 Å². The Labute approximate surface area is 129 Å². The van der Waals surface area contributed by atoms with Crippen molar-refractivity contribution in [2.75, 3.05) is 32.8 Å². The maximum Gasteiger partial charge on any atom is 0.323 e. The van der Waals surface area contributed by atoms with Crippen LogP contribution in [0.1, 0.15) is 53.4 Å². The average molecular weight is 300 g/mol. The van der Waals surface area contributed by atoms with Gasteiger partial charge in [-0.2, -0.15) is 0 Å². The van der Waals surface area contributed by atoms with E-state index >= 15 is 0 Å².